The van der Waals surface area contributed by atoms with Gasteiger partial charge in [-0.25, -0.2) is 13.6 Å². The van der Waals surface area contributed by atoms with Gasteiger partial charge in [0.15, 0.2) is 0 Å². The van der Waals surface area contributed by atoms with Crippen molar-refractivity contribution in [3.63, 3.8) is 0 Å². The van der Waals surface area contributed by atoms with E-state index >= 15 is 0 Å². The fourth-order valence-corrected chi connectivity index (χ4v) is 3.58. The fourth-order valence-electron chi connectivity index (χ4n) is 3.58. The number of hydrogen-bond acceptors (Lipinski definition) is 4. The van der Waals surface area contributed by atoms with Gasteiger partial charge in [-0.1, -0.05) is 0 Å². The summed E-state index contributed by atoms with van der Waals surface area (Å²) in [5.41, 5.74) is 0.0465. The normalized spacial score (nSPS) is 13.3. The highest BCUT2D eigenvalue weighted by Gasteiger charge is 2.26. The number of pyridine rings is 1. The molecule has 0 spiro atoms. The van der Waals surface area contributed by atoms with E-state index in [0.717, 1.165) is 18.2 Å². The van der Waals surface area contributed by atoms with Crippen LogP contribution in [0.25, 0.3) is 0 Å². The number of H-pyrrole nitrogens is 1. The maximum atomic E-state index is 13.9. The van der Waals surface area contributed by atoms with Crippen LogP contribution in [0.4, 0.5) is 25.0 Å². The van der Waals surface area contributed by atoms with Gasteiger partial charge in [-0.15, -0.1) is 0 Å². The fraction of sp³-hybridized carbons (Fsp3) is 0.167. The Hall–Kier alpha value is -4.54. The first-order chi connectivity index (χ1) is 16.8. The lowest BCUT2D eigenvalue weighted by molar-refractivity contribution is 0.0666. The van der Waals surface area contributed by atoms with Gasteiger partial charge in [0.2, 0.25) is 0 Å². The highest BCUT2D eigenvalue weighted by Crippen LogP contribution is 2.17. The van der Waals surface area contributed by atoms with Gasteiger partial charge in [-0.2, -0.15) is 0 Å². The third-order valence-corrected chi connectivity index (χ3v) is 5.47. The second-order valence-electron chi connectivity index (χ2n) is 7.78. The van der Waals surface area contributed by atoms with Crippen molar-refractivity contribution >= 4 is 29.2 Å². The lowest BCUT2D eigenvalue weighted by atomic mass is 10.1. The number of benzene rings is 2. The standard InChI is InChI=1S/C24H21F2N5O4/c25-15-3-8-20(26)19(14-15)23(34)30-10-12-31(13-11-30)24(35)29-17-6-4-16(5-7-17)28-22(33)18-2-1-9-27-21(18)32/h1-9,14H,10-13H2,(H,27,32)(H,28,33)(H,29,35). The summed E-state index contributed by atoms with van der Waals surface area (Å²) in [5.74, 6) is -2.69. The number of hydrogen-bond donors (Lipinski definition) is 3. The van der Waals surface area contributed by atoms with E-state index in [2.05, 4.69) is 15.6 Å². The van der Waals surface area contributed by atoms with Crippen molar-refractivity contribution in [1.29, 1.82) is 0 Å². The molecule has 11 heteroatoms. The number of aromatic amines is 1. The molecule has 1 saturated heterocycles. The minimum atomic E-state index is -0.799. The number of carbonyl (C=O) groups is 3. The molecule has 3 aromatic rings. The second-order valence-corrected chi connectivity index (χ2v) is 7.78. The van der Waals surface area contributed by atoms with Crippen LogP contribution in [-0.2, 0) is 0 Å². The number of piperazine rings is 1. The van der Waals surface area contributed by atoms with Crippen LogP contribution < -0.4 is 16.2 Å². The lowest BCUT2D eigenvalue weighted by Gasteiger charge is -2.34. The number of nitrogens with zero attached hydrogens (tertiary/aromatic N) is 2. The van der Waals surface area contributed by atoms with E-state index in [-0.39, 0.29) is 43.3 Å². The molecule has 2 aromatic carbocycles. The Bertz CT molecular complexity index is 1320. The van der Waals surface area contributed by atoms with E-state index in [1.807, 2.05) is 0 Å². The van der Waals surface area contributed by atoms with E-state index < -0.39 is 29.0 Å². The van der Waals surface area contributed by atoms with Gasteiger partial charge in [0.1, 0.15) is 17.2 Å². The zero-order valence-corrected chi connectivity index (χ0v) is 18.4. The number of nitrogens with one attached hydrogen (secondary N) is 3. The number of amides is 4. The number of carbonyl (C=O) groups excluding carboxylic acids is 3. The Morgan fingerprint density at radius 2 is 1.43 bits per heavy atom. The molecule has 1 aliphatic heterocycles. The first-order valence-electron chi connectivity index (χ1n) is 10.7. The summed E-state index contributed by atoms with van der Waals surface area (Å²) in [5, 5.41) is 5.34. The molecular weight excluding hydrogens is 460 g/mol. The van der Waals surface area contributed by atoms with Gasteiger partial charge < -0.3 is 25.4 Å². The monoisotopic (exact) mass is 481 g/mol. The molecule has 9 nitrogen and oxygen atoms in total. The first kappa shape index (κ1) is 23.6. The Labute approximate surface area is 198 Å². The molecule has 1 aromatic heterocycles. The van der Waals surface area contributed by atoms with Crippen LogP contribution in [0.3, 0.4) is 0 Å². The molecule has 3 N–H and O–H groups in total. The predicted octanol–water partition coefficient (Wildman–Crippen LogP) is 2.90. The summed E-state index contributed by atoms with van der Waals surface area (Å²) in [7, 11) is 0. The summed E-state index contributed by atoms with van der Waals surface area (Å²) in [6.07, 6.45) is 1.43. The Balaban J connectivity index is 1.30. The molecule has 0 atom stereocenters. The topological polar surface area (TPSA) is 115 Å². The Morgan fingerprint density at radius 3 is 2.09 bits per heavy atom. The van der Waals surface area contributed by atoms with Crippen LogP contribution in [0.15, 0.2) is 65.6 Å². The van der Waals surface area contributed by atoms with Crippen molar-refractivity contribution in [2.24, 2.45) is 0 Å². The maximum absolute atomic E-state index is 13.9. The van der Waals surface area contributed by atoms with E-state index in [1.54, 1.807) is 30.3 Å². The molecule has 1 fully saturated rings. The molecule has 4 rings (SSSR count). The molecule has 0 saturated carbocycles. The summed E-state index contributed by atoms with van der Waals surface area (Å²) >= 11 is 0. The molecule has 35 heavy (non-hydrogen) atoms. The van der Waals surface area contributed by atoms with Crippen molar-refractivity contribution in [3.05, 3.63) is 93.9 Å². The Morgan fingerprint density at radius 1 is 0.800 bits per heavy atom. The third kappa shape index (κ3) is 5.52. The van der Waals surface area contributed by atoms with Crippen molar-refractivity contribution in [3.8, 4) is 0 Å². The summed E-state index contributed by atoms with van der Waals surface area (Å²) < 4.78 is 27.3. The van der Waals surface area contributed by atoms with Crippen molar-refractivity contribution in [1.82, 2.24) is 14.8 Å². The van der Waals surface area contributed by atoms with E-state index in [1.165, 1.54) is 22.1 Å². The quantitative estimate of drug-likeness (QED) is 0.532. The Kier molecular flexibility index (Phi) is 6.86. The molecule has 1 aliphatic rings. The minimum Gasteiger partial charge on any atom is -0.335 e. The van der Waals surface area contributed by atoms with Crippen molar-refractivity contribution in [2.75, 3.05) is 36.8 Å². The minimum absolute atomic E-state index is 0.0253. The van der Waals surface area contributed by atoms with Crippen LogP contribution in [-0.4, -0.2) is 58.8 Å². The molecule has 4 amide bonds. The molecule has 0 radical (unpaired) electrons. The predicted molar refractivity (Wildman–Crippen MR) is 124 cm³/mol. The highest BCUT2D eigenvalue weighted by atomic mass is 19.1. The molecule has 180 valence electrons. The molecule has 2 heterocycles. The average molecular weight is 481 g/mol. The average Bonchev–Trinajstić information content (AvgIpc) is 2.86. The summed E-state index contributed by atoms with van der Waals surface area (Å²) in [4.78, 5) is 54.3. The maximum Gasteiger partial charge on any atom is 0.321 e. The van der Waals surface area contributed by atoms with Crippen molar-refractivity contribution in [2.45, 2.75) is 0 Å². The van der Waals surface area contributed by atoms with Gasteiger partial charge in [0.05, 0.1) is 5.56 Å². The van der Waals surface area contributed by atoms with Gasteiger partial charge in [0, 0.05) is 43.8 Å². The zero-order valence-electron chi connectivity index (χ0n) is 18.4. The van der Waals surface area contributed by atoms with Gasteiger partial charge in [-0.3, -0.25) is 14.4 Å². The summed E-state index contributed by atoms with van der Waals surface area (Å²) in [6.45, 7) is 0.778. The van der Waals surface area contributed by atoms with Gasteiger partial charge >= 0.3 is 6.03 Å². The third-order valence-electron chi connectivity index (χ3n) is 5.47. The smallest absolute Gasteiger partial charge is 0.321 e. The van der Waals surface area contributed by atoms with E-state index in [0.29, 0.717) is 11.4 Å². The van der Waals surface area contributed by atoms with E-state index in [4.69, 9.17) is 0 Å². The van der Waals surface area contributed by atoms with Crippen LogP contribution in [0.5, 0.6) is 0 Å². The molecule has 0 aliphatic carbocycles. The number of rotatable bonds is 4. The summed E-state index contributed by atoms with van der Waals surface area (Å²) in [6, 6.07) is 11.6. The van der Waals surface area contributed by atoms with Crippen LogP contribution >= 0.6 is 0 Å². The number of anilines is 2. The molecule has 0 bridgehead atoms. The first-order valence-corrected chi connectivity index (χ1v) is 10.7. The highest BCUT2D eigenvalue weighted by molar-refractivity contribution is 6.04. The molecular formula is C24H21F2N5O4. The number of aromatic nitrogens is 1. The second kappa shape index (κ2) is 10.2. The van der Waals surface area contributed by atoms with Crippen molar-refractivity contribution < 1.29 is 23.2 Å². The SMILES string of the molecule is O=C(Nc1ccc(NC(=O)N2CCN(C(=O)c3cc(F)ccc3F)CC2)cc1)c1ccc[nH]c1=O. The van der Waals surface area contributed by atoms with E-state index in [9.17, 15) is 28.0 Å². The van der Waals surface area contributed by atoms with Gasteiger partial charge in [0.25, 0.3) is 17.4 Å². The van der Waals surface area contributed by atoms with Crippen LogP contribution in [0.1, 0.15) is 20.7 Å². The largest absolute Gasteiger partial charge is 0.335 e. The van der Waals surface area contributed by atoms with Crippen LogP contribution in [0.2, 0.25) is 0 Å². The lowest BCUT2D eigenvalue weighted by Crippen LogP contribution is -2.51. The number of halogens is 2. The van der Waals surface area contributed by atoms with Gasteiger partial charge in [-0.05, 0) is 54.6 Å². The number of urea groups is 1. The van der Waals surface area contributed by atoms with Crippen LogP contribution in [0, 0.1) is 11.6 Å². The molecule has 0 unspecified atom stereocenters. The zero-order chi connectivity index (χ0) is 24.9.